The van der Waals surface area contributed by atoms with Gasteiger partial charge in [-0.25, -0.2) is 4.98 Å². The molecule has 2 N–H and O–H groups in total. The van der Waals surface area contributed by atoms with Crippen molar-refractivity contribution in [2.24, 2.45) is 0 Å². The van der Waals surface area contributed by atoms with Crippen LogP contribution in [0.4, 0.5) is 11.4 Å². The summed E-state index contributed by atoms with van der Waals surface area (Å²) in [6.45, 7) is 1.96. The Hall–Kier alpha value is -2.87. The number of para-hydroxylation sites is 1. The van der Waals surface area contributed by atoms with Crippen LogP contribution in [0.1, 0.15) is 15.9 Å². The van der Waals surface area contributed by atoms with Crippen molar-refractivity contribution in [2.45, 2.75) is 11.3 Å². The molecule has 1 aromatic heterocycles. The monoisotopic (exact) mass is 467 g/mol. The van der Waals surface area contributed by atoms with E-state index in [9.17, 15) is 9.59 Å². The first-order valence-electron chi connectivity index (χ1n) is 9.44. The molecular formula is C23H18ClN3O2S2. The molecule has 0 unspecified atom stereocenters. The minimum atomic E-state index is -0.206. The molecule has 8 heteroatoms. The number of nitrogens with one attached hydrogen (secondary N) is 2. The Labute approximate surface area is 192 Å². The number of carbonyl (C=O) groups is 2. The number of anilines is 2. The molecular weight excluding hydrogens is 450 g/mol. The summed E-state index contributed by atoms with van der Waals surface area (Å²) in [5.41, 5.74) is 3.89. The molecule has 4 aromatic rings. The van der Waals surface area contributed by atoms with E-state index in [0.717, 1.165) is 25.8 Å². The van der Waals surface area contributed by atoms with E-state index in [4.69, 9.17) is 11.6 Å². The van der Waals surface area contributed by atoms with Gasteiger partial charge in [-0.2, -0.15) is 0 Å². The smallest absolute Gasteiger partial charge is 0.255 e. The van der Waals surface area contributed by atoms with E-state index in [0.29, 0.717) is 16.3 Å². The summed E-state index contributed by atoms with van der Waals surface area (Å²) in [6, 6.07) is 20.0. The zero-order valence-electron chi connectivity index (χ0n) is 16.5. The van der Waals surface area contributed by atoms with Gasteiger partial charge in [-0.15, -0.1) is 11.3 Å². The van der Waals surface area contributed by atoms with Gasteiger partial charge in [-0.1, -0.05) is 41.6 Å². The average molecular weight is 468 g/mol. The molecule has 0 saturated heterocycles. The zero-order valence-corrected chi connectivity index (χ0v) is 18.9. The number of benzene rings is 3. The number of hydrogen-bond donors (Lipinski definition) is 2. The molecule has 156 valence electrons. The summed E-state index contributed by atoms with van der Waals surface area (Å²) in [5.74, 6) is -0.00797. The van der Waals surface area contributed by atoms with Gasteiger partial charge in [0, 0.05) is 22.0 Å². The quantitative estimate of drug-likeness (QED) is 0.329. The van der Waals surface area contributed by atoms with E-state index in [1.165, 1.54) is 23.1 Å². The van der Waals surface area contributed by atoms with Crippen molar-refractivity contribution in [1.82, 2.24) is 4.98 Å². The Morgan fingerprint density at radius 1 is 1.03 bits per heavy atom. The van der Waals surface area contributed by atoms with E-state index in [1.807, 2.05) is 49.4 Å². The number of aryl methyl sites for hydroxylation is 1. The number of hydrogen-bond acceptors (Lipinski definition) is 5. The van der Waals surface area contributed by atoms with Gasteiger partial charge in [-0.3, -0.25) is 9.59 Å². The Bertz CT molecular complexity index is 1260. The minimum Gasteiger partial charge on any atom is -0.325 e. The lowest BCUT2D eigenvalue weighted by molar-refractivity contribution is -0.113. The van der Waals surface area contributed by atoms with Crippen LogP contribution in [0, 0.1) is 6.92 Å². The maximum atomic E-state index is 12.4. The van der Waals surface area contributed by atoms with Gasteiger partial charge in [0.2, 0.25) is 5.91 Å². The predicted molar refractivity (Wildman–Crippen MR) is 130 cm³/mol. The number of thioether (sulfide) groups is 1. The molecule has 4 rings (SSSR count). The van der Waals surface area contributed by atoms with Crippen LogP contribution in [-0.4, -0.2) is 22.6 Å². The molecule has 0 fully saturated rings. The SMILES string of the molecule is Cc1ccccc1NC(=O)CSc1nc2ccc(NC(=O)c3ccc(Cl)cc3)cc2s1. The zero-order chi connectivity index (χ0) is 21.8. The highest BCUT2D eigenvalue weighted by atomic mass is 35.5. The topological polar surface area (TPSA) is 71.1 Å². The molecule has 2 amide bonds. The molecule has 0 saturated carbocycles. The summed E-state index contributed by atoms with van der Waals surface area (Å²) >= 11 is 8.76. The number of thiazole rings is 1. The summed E-state index contributed by atoms with van der Waals surface area (Å²) in [5, 5.41) is 6.40. The molecule has 0 aliphatic carbocycles. The fraction of sp³-hybridized carbons (Fsp3) is 0.0870. The highest BCUT2D eigenvalue weighted by molar-refractivity contribution is 8.01. The first kappa shape index (κ1) is 21.4. The molecule has 0 bridgehead atoms. The number of rotatable bonds is 6. The van der Waals surface area contributed by atoms with E-state index >= 15 is 0 Å². The largest absolute Gasteiger partial charge is 0.325 e. The summed E-state index contributed by atoms with van der Waals surface area (Å²) in [4.78, 5) is 29.2. The Balaban J connectivity index is 1.39. The van der Waals surface area contributed by atoms with Gasteiger partial charge in [0.1, 0.15) is 0 Å². The second-order valence-corrected chi connectivity index (χ2v) is 9.46. The van der Waals surface area contributed by atoms with Crippen LogP contribution in [-0.2, 0) is 4.79 Å². The fourth-order valence-corrected chi connectivity index (χ4v) is 4.91. The standard InChI is InChI=1S/C23H18ClN3O2S2/c1-14-4-2-3-5-18(14)26-21(28)13-30-23-27-19-11-10-17(12-20(19)31-23)25-22(29)15-6-8-16(24)9-7-15/h2-12H,13H2,1H3,(H,25,29)(H,26,28). The van der Waals surface area contributed by atoms with Crippen LogP contribution in [0.2, 0.25) is 5.02 Å². The predicted octanol–water partition coefficient (Wildman–Crippen LogP) is 6.24. The molecule has 0 radical (unpaired) electrons. The molecule has 3 aromatic carbocycles. The van der Waals surface area contributed by atoms with Crippen LogP contribution in [0.15, 0.2) is 71.1 Å². The lowest BCUT2D eigenvalue weighted by atomic mass is 10.2. The van der Waals surface area contributed by atoms with Crippen LogP contribution in [0.25, 0.3) is 10.2 Å². The van der Waals surface area contributed by atoms with Crippen LogP contribution in [0.3, 0.4) is 0 Å². The highest BCUT2D eigenvalue weighted by Gasteiger charge is 2.11. The number of aromatic nitrogens is 1. The summed E-state index contributed by atoms with van der Waals surface area (Å²) in [6.07, 6.45) is 0. The fourth-order valence-electron chi connectivity index (χ4n) is 2.87. The molecule has 1 heterocycles. The first-order valence-corrected chi connectivity index (χ1v) is 11.6. The second kappa shape index (κ2) is 9.51. The van der Waals surface area contributed by atoms with Crippen molar-refractivity contribution < 1.29 is 9.59 Å². The molecule has 0 aliphatic heterocycles. The van der Waals surface area contributed by atoms with Crippen molar-refractivity contribution >= 4 is 68.1 Å². The molecule has 0 spiro atoms. The Morgan fingerprint density at radius 3 is 2.58 bits per heavy atom. The number of halogens is 1. The third-order valence-electron chi connectivity index (χ3n) is 4.48. The van der Waals surface area contributed by atoms with Crippen molar-refractivity contribution in [3.8, 4) is 0 Å². The second-order valence-electron chi connectivity index (χ2n) is 6.78. The van der Waals surface area contributed by atoms with Gasteiger partial charge in [0.05, 0.1) is 16.0 Å². The van der Waals surface area contributed by atoms with Crippen molar-refractivity contribution in [2.75, 3.05) is 16.4 Å². The lowest BCUT2D eigenvalue weighted by Gasteiger charge is -2.06. The normalized spacial score (nSPS) is 10.8. The van der Waals surface area contributed by atoms with Crippen LogP contribution < -0.4 is 10.6 Å². The Kier molecular flexibility index (Phi) is 6.56. The van der Waals surface area contributed by atoms with Gasteiger partial charge in [-0.05, 0) is 61.0 Å². The molecule has 0 atom stereocenters. The highest BCUT2D eigenvalue weighted by Crippen LogP contribution is 2.31. The van der Waals surface area contributed by atoms with Gasteiger partial charge >= 0.3 is 0 Å². The number of nitrogens with zero attached hydrogens (tertiary/aromatic N) is 1. The van der Waals surface area contributed by atoms with E-state index < -0.39 is 0 Å². The third kappa shape index (κ3) is 5.44. The van der Waals surface area contributed by atoms with E-state index in [1.54, 1.807) is 24.3 Å². The molecule has 5 nitrogen and oxygen atoms in total. The van der Waals surface area contributed by atoms with Crippen LogP contribution >= 0.6 is 34.7 Å². The number of amides is 2. The Morgan fingerprint density at radius 2 is 1.81 bits per heavy atom. The van der Waals surface area contributed by atoms with Crippen molar-refractivity contribution in [3.05, 3.63) is 82.9 Å². The average Bonchev–Trinajstić information content (AvgIpc) is 3.16. The lowest BCUT2D eigenvalue weighted by Crippen LogP contribution is -2.14. The van der Waals surface area contributed by atoms with Crippen molar-refractivity contribution in [1.29, 1.82) is 0 Å². The first-order chi connectivity index (χ1) is 15.0. The van der Waals surface area contributed by atoms with E-state index in [2.05, 4.69) is 15.6 Å². The number of fused-ring (bicyclic) bond motifs is 1. The minimum absolute atomic E-state index is 0.0746. The number of carbonyl (C=O) groups excluding carboxylic acids is 2. The van der Waals surface area contributed by atoms with Gasteiger partial charge in [0.15, 0.2) is 4.34 Å². The van der Waals surface area contributed by atoms with Crippen LogP contribution in [0.5, 0.6) is 0 Å². The maximum absolute atomic E-state index is 12.4. The maximum Gasteiger partial charge on any atom is 0.255 e. The van der Waals surface area contributed by atoms with Crippen molar-refractivity contribution in [3.63, 3.8) is 0 Å². The molecule has 31 heavy (non-hydrogen) atoms. The molecule has 0 aliphatic rings. The van der Waals surface area contributed by atoms with E-state index in [-0.39, 0.29) is 17.6 Å². The van der Waals surface area contributed by atoms with Gasteiger partial charge in [0.25, 0.3) is 5.91 Å². The summed E-state index contributed by atoms with van der Waals surface area (Å²) in [7, 11) is 0. The van der Waals surface area contributed by atoms with Gasteiger partial charge < -0.3 is 10.6 Å². The summed E-state index contributed by atoms with van der Waals surface area (Å²) < 4.78 is 1.74. The third-order valence-corrected chi connectivity index (χ3v) is 6.89.